The smallest absolute Gasteiger partial charge is 0.0644 e. The Hall–Kier alpha value is -0.560. The predicted molar refractivity (Wildman–Crippen MR) is 52.0 cm³/mol. The summed E-state index contributed by atoms with van der Waals surface area (Å²) in [6.45, 7) is 7.49. The summed E-state index contributed by atoms with van der Waals surface area (Å²) in [5.74, 6) is 1.50. The molecular formula is C11H18O. The lowest BCUT2D eigenvalue weighted by Crippen LogP contribution is -2.19. The summed E-state index contributed by atoms with van der Waals surface area (Å²) in [4.78, 5) is 0. The van der Waals surface area contributed by atoms with Gasteiger partial charge >= 0.3 is 0 Å². The maximum absolute atomic E-state index is 5.44. The number of rotatable bonds is 4. The second kappa shape index (κ2) is 5.15. The lowest BCUT2D eigenvalue weighted by Gasteiger charge is -2.24. The van der Waals surface area contributed by atoms with Crippen molar-refractivity contribution in [2.24, 2.45) is 11.8 Å². The van der Waals surface area contributed by atoms with Gasteiger partial charge in [-0.15, -0.1) is 6.58 Å². The van der Waals surface area contributed by atoms with Gasteiger partial charge in [0, 0.05) is 0 Å². The minimum absolute atomic E-state index is 0.687. The van der Waals surface area contributed by atoms with E-state index in [-0.39, 0.29) is 0 Å². The van der Waals surface area contributed by atoms with E-state index in [1.54, 1.807) is 0 Å². The molecule has 0 N–H and O–H groups in total. The Morgan fingerprint density at radius 2 is 2.25 bits per heavy atom. The van der Waals surface area contributed by atoms with Crippen LogP contribution in [0.5, 0.6) is 0 Å². The van der Waals surface area contributed by atoms with Crippen LogP contribution in [0.4, 0.5) is 0 Å². The topological polar surface area (TPSA) is 9.23 Å². The highest BCUT2D eigenvalue weighted by Gasteiger charge is 2.17. The highest BCUT2D eigenvalue weighted by atomic mass is 16.5. The molecule has 0 bridgehead atoms. The van der Waals surface area contributed by atoms with Gasteiger partial charge in [0.05, 0.1) is 13.2 Å². The molecule has 1 aliphatic rings. The van der Waals surface area contributed by atoms with Gasteiger partial charge in [-0.05, 0) is 24.7 Å². The fourth-order valence-electron chi connectivity index (χ4n) is 1.54. The molecule has 2 unspecified atom stereocenters. The SMILES string of the molecule is C=CCOCC1CC=CCC1C. The molecule has 0 spiro atoms. The number of ether oxygens (including phenoxy) is 1. The molecule has 1 heteroatoms. The van der Waals surface area contributed by atoms with E-state index in [0.717, 1.165) is 18.4 Å². The van der Waals surface area contributed by atoms with Gasteiger partial charge in [0.15, 0.2) is 0 Å². The first-order valence-corrected chi connectivity index (χ1v) is 4.68. The molecule has 1 rings (SSSR count). The van der Waals surface area contributed by atoms with Crippen LogP contribution in [0.2, 0.25) is 0 Å². The monoisotopic (exact) mass is 166 g/mol. The summed E-state index contributed by atoms with van der Waals surface area (Å²) in [5.41, 5.74) is 0. The number of hydrogen-bond donors (Lipinski definition) is 0. The number of allylic oxidation sites excluding steroid dienone is 2. The van der Waals surface area contributed by atoms with Crippen molar-refractivity contribution in [3.63, 3.8) is 0 Å². The Balaban J connectivity index is 2.21. The molecule has 0 fully saturated rings. The van der Waals surface area contributed by atoms with Crippen LogP contribution in [-0.4, -0.2) is 13.2 Å². The van der Waals surface area contributed by atoms with E-state index in [4.69, 9.17) is 4.74 Å². The van der Waals surface area contributed by atoms with Crippen molar-refractivity contribution in [2.45, 2.75) is 19.8 Å². The van der Waals surface area contributed by atoms with Crippen LogP contribution in [0, 0.1) is 11.8 Å². The minimum Gasteiger partial charge on any atom is -0.377 e. The maximum atomic E-state index is 5.44. The summed E-state index contributed by atoms with van der Waals surface area (Å²) in [6.07, 6.45) is 8.74. The van der Waals surface area contributed by atoms with Gasteiger partial charge in [-0.2, -0.15) is 0 Å². The summed E-state index contributed by atoms with van der Waals surface area (Å²) >= 11 is 0. The van der Waals surface area contributed by atoms with Gasteiger partial charge in [-0.25, -0.2) is 0 Å². The first kappa shape index (κ1) is 9.53. The van der Waals surface area contributed by atoms with Crippen molar-refractivity contribution in [1.29, 1.82) is 0 Å². The molecule has 2 atom stereocenters. The van der Waals surface area contributed by atoms with E-state index in [0.29, 0.717) is 6.61 Å². The molecule has 0 saturated heterocycles. The third kappa shape index (κ3) is 2.82. The standard InChI is InChI=1S/C11H18O/c1-3-8-12-9-11-7-5-4-6-10(11)2/h3-5,10-11H,1,6-9H2,2H3. The third-order valence-electron chi connectivity index (χ3n) is 2.49. The quantitative estimate of drug-likeness (QED) is 0.461. The lowest BCUT2D eigenvalue weighted by atomic mass is 9.85. The van der Waals surface area contributed by atoms with Crippen molar-refractivity contribution in [1.82, 2.24) is 0 Å². The first-order chi connectivity index (χ1) is 5.84. The Morgan fingerprint density at radius 1 is 1.50 bits per heavy atom. The first-order valence-electron chi connectivity index (χ1n) is 4.68. The van der Waals surface area contributed by atoms with Crippen molar-refractivity contribution < 1.29 is 4.74 Å². The molecule has 0 amide bonds. The minimum atomic E-state index is 0.687. The van der Waals surface area contributed by atoms with E-state index in [2.05, 4.69) is 25.7 Å². The Kier molecular flexibility index (Phi) is 4.09. The molecule has 0 heterocycles. The van der Waals surface area contributed by atoms with Gasteiger partial charge in [0.2, 0.25) is 0 Å². The van der Waals surface area contributed by atoms with E-state index in [1.165, 1.54) is 12.8 Å². The summed E-state index contributed by atoms with van der Waals surface area (Å²) in [5, 5.41) is 0. The predicted octanol–water partition coefficient (Wildman–Crippen LogP) is 2.79. The summed E-state index contributed by atoms with van der Waals surface area (Å²) < 4.78 is 5.44. The van der Waals surface area contributed by atoms with Crippen molar-refractivity contribution in [2.75, 3.05) is 13.2 Å². The second-order valence-electron chi connectivity index (χ2n) is 3.51. The zero-order chi connectivity index (χ0) is 8.81. The van der Waals surface area contributed by atoms with Crippen molar-refractivity contribution >= 4 is 0 Å². The average Bonchev–Trinajstić information content (AvgIpc) is 2.09. The van der Waals surface area contributed by atoms with Crippen molar-refractivity contribution in [3.05, 3.63) is 24.8 Å². The molecule has 68 valence electrons. The van der Waals surface area contributed by atoms with Gasteiger partial charge in [-0.1, -0.05) is 25.2 Å². The summed E-state index contributed by atoms with van der Waals surface area (Å²) in [7, 11) is 0. The van der Waals surface area contributed by atoms with Crippen molar-refractivity contribution in [3.8, 4) is 0 Å². The van der Waals surface area contributed by atoms with Crippen LogP contribution >= 0.6 is 0 Å². The Labute approximate surface area is 75.1 Å². The Bertz CT molecular complexity index is 160. The van der Waals surface area contributed by atoms with Crippen LogP contribution in [0.3, 0.4) is 0 Å². The molecule has 0 aromatic carbocycles. The molecule has 0 radical (unpaired) electrons. The molecule has 0 aliphatic heterocycles. The van der Waals surface area contributed by atoms with Crippen LogP contribution < -0.4 is 0 Å². The molecular weight excluding hydrogens is 148 g/mol. The maximum Gasteiger partial charge on any atom is 0.0644 e. The molecule has 0 aromatic rings. The Morgan fingerprint density at radius 3 is 2.92 bits per heavy atom. The molecule has 1 nitrogen and oxygen atoms in total. The fraction of sp³-hybridized carbons (Fsp3) is 0.636. The van der Waals surface area contributed by atoms with Gasteiger partial charge in [0.25, 0.3) is 0 Å². The van der Waals surface area contributed by atoms with Gasteiger partial charge in [0.1, 0.15) is 0 Å². The number of hydrogen-bond acceptors (Lipinski definition) is 1. The zero-order valence-electron chi connectivity index (χ0n) is 7.83. The highest BCUT2D eigenvalue weighted by molar-refractivity contribution is 4.93. The van der Waals surface area contributed by atoms with E-state index in [1.807, 2.05) is 6.08 Å². The van der Waals surface area contributed by atoms with Crippen LogP contribution in [-0.2, 0) is 4.74 Å². The molecule has 0 saturated carbocycles. The second-order valence-corrected chi connectivity index (χ2v) is 3.51. The van der Waals surface area contributed by atoms with E-state index < -0.39 is 0 Å². The van der Waals surface area contributed by atoms with Gasteiger partial charge < -0.3 is 4.74 Å². The average molecular weight is 166 g/mol. The molecule has 1 aliphatic carbocycles. The fourth-order valence-corrected chi connectivity index (χ4v) is 1.54. The van der Waals surface area contributed by atoms with Crippen LogP contribution in [0.15, 0.2) is 24.8 Å². The zero-order valence-corrected chi connectivity index (χ0v) is 7.83. The highest BCUT2D eigenvalue weighted by Crippen LogP contribution is 2.24. The van der Waals surface area contributed by atoms with Gasteiger partial charge in [-0.3, -0.25) is 0 Å². The lowest BCUT2D eigenvalue weighted by molar-refractivity contribution is 0.0988. The third-order valence-corrected chi connectivity index (χ3v) is 2.49. The van der Waals surface area contributed by atoms with E-state index >= 15 is 0 Å². The normalized spacial score (nSPS) is 28.8. The molecule has 12 heavy (non-hydrogen) atoms. The molecule has 0 aromatic heterocycles. The van der Waals surface area contributed by atoms with Crippen LogP contribution in [0.25, 0.3) is 0 Å². The van der Waals surface area contributed by atoms with Crippen LogP contribution in [0.1, 0.15) is 19.8 Å². The summed E-state index contributed by atoms with van der Waals surface area (Å²) in [6, 6.07) is 0. The largest absolute Gasteiger partial charge is 0.377 e. The van der Waals surface area contributed by atoms with E-state index in [9.17, 15) is 0 Å².